The predicted octanol–water partition coefficient (Wildman–Crippen LogP) is 5.52. The Bertz CT molecular complexity index is 551. The van der Waals surface area contributed by atoms with Crippen LogP contribution in [0.1, 0.15) is 29.2 Å². The van der Waals surface area contributed by atoms with Gasteiger partial charge in [0, 0.05) is 17.2 Å². The first-order valence-corrected chi connectivity index (χ1v) is 8.47. The van der Waals surface area contributed by atoms with E-state index in [0.717, 1.165) is 12.8 Å². The molecule has 0 heterocycles. The number of alkyl halides is 2. The van der Waals surface area contributed by atoms with E-state index >= 15 is 0 Å². The summed E-state index contributed by atoms with van der Waals surface area (Å²) in [5, 5.41) is 0. The molecule has 21 heavy (non-hydrogen) atoms. The molecule has 2 heteroatoms. The lowest BCUT2D eigenvalue weighted by Crippen LogP contribution is -2.33. The number of halogens is 2. The zero-order valence-electron chi connectivity index (χ0n) is 12.7. The Labute approximate surface area is 138 Å². The van der Waals surface area contributed by atoms with Gasteiger partial charge in [-0.15, -0.1) is 23.2 Å². The number of hydrogen-bond acceptors (Lipinski definition) is 0. The number of aryl methyl sites for hydroxylation is 2. The Morgan fingerprint density at radius 1 is 0.810 bits per heavy atom. The van der Waals surface area contributed by atoms with E-state index in [-0.39, 0.29) is 5.41 Å². The van der Waals surface area contributed by atoms with E-state index in [1.165, 1.54) is 22.3 Å². The number of hydrogen-bond donors (Lipinski definition) is 0. The molecule has 2 aromatic carbocycles. The Hall–Kier alpha value is -0.980. The quantitative estimate of drug-likeness (QED) is 0.615. The van der Waals surface area contributed by atoms with E-state index < -0.39 is 0 Å². The zero-order chi connectivity index (χ0) is 15.3. The van der Waals surface area contributed by atoms with E-state index in [1.807, 2.05) is 0 Å². The third-order valence-electron chi connectivity index (χ3n) is 4.15. The van der Waals surface area contributed by atoms with Crippen LogP contribution in [0.3, 0.4) is 0 Å². The fraction of sp³-hybridized carbons (Fsp3) is 0.368. The van der Waals surface area contributed by atoms with Crippen LogP contribution >= 0.6 is 23.2 Å². The highest BCUT2D eigenvalue weighted by atomic mass is 35.5. The van der Waals surface area contributed by atoms with Crippen molar-refractivity contribution in [2.24, 2.45) is 0 Å². The maximum absolute atomic E-state index is 6.32. The molecular formula is C19H22Cl2. The highest BCUT2D eigenvalue weighted by Gasteiger charge is 2.30. The van der Waals surface area contributed by atoms with Crippen LogP contribution in [0.25, 0.3) is 0 Å². The molecule has 0 saturated carbocycles. The topological polar surface area (TPSA) is 0 Å². The molecule has 2 rings (SSSR count). The molecule has 0 amide bonds. The number of benzene rings is 2. The van der Waals surface area contributed by atoms with Crippen molar-refractivity contribution in [3.05, 3.63) is 70.8 Å². The average molecular weight is 321 g/mol. The second-order valence-electron chi connectivity index (χ2n) is 5.76. The van der Waals surface area contributed by atoms with E-state index in [0.29, 0.717) is 11.8 Å². The smallest absolute Gasteiger partial charge is 0.0335 e. The van der Waals surface area contributed by atoms with Crippen molar-refractivity contribution in [3.8, 4) is 0 Å². The molecule has 2 aromatic rings. The van der Waals surface area contributed by atoms with Gasteiger partial charge in [-0.25, -0.2) is 0 Å². The fourth-order valence-electron chi connectivity index (χ4n) is 2.58. The Morgan fingerprint density at radius 3 is 1.81 bits per heavy atom. The second-order valence-corrected chi connectivity index (χ2v) is 6.29. The van der Waals surface area contributed by atoms with Crippen LogP contribution in [0.4, 0.5) is 0 Å². The second kappa shape index (κ2) is 7.33. The van der Waals surface area contributed by atoms with Gasteiger partial charge < -0.3 is 0 Å². The minimum Gasteiger partial charge on any atom is -0.126 e. The summed E-state index contributed by atoms with van der Waals surface area (Å²) in [6, 6.07) is 17.3. The van der Waals surface area contributed by atoms with Crippen LogP contribution in [0.15, 0.2) is 48.5 Å². The molecule has 0 nitrogen and oxygen atoms in total. The van der Waals surface area contributed by atoms with Gasteiger partial charge in [-0.3, -0.25) is 0 Å². The van der Waals surface area contributed by atoms with Gasteiger partial charge in [0.1, 0.15) is 0 Å². The largest absolute Gasteiger partial charge is 0.126 e. The molecule has 0 bridgehead atoms. The molecule has 0 unspecified atom stereocenters. The van der Waals surface area contributed by atoms with E-state index in [1.54, 1.807) is 0 Å². The average Bonchev–Trinajstić information content (AvgIpc) is 2.54. The van der Waals surface area contributed by atoms with Crippen molar-refractivity contribution in [3.63, 3.8) is 0 Å². The summed E-state index contributed by atoms with van der Waals surface area (Å²) in [6.07, 6.45) is 1.93. The summed E-state index contributed by atoms with van der Waals surface area (Å²) < 4.78 is 0. The molecule has 0 spiro atoms. The molecule has 0 atom stereocenters. The highest BCUT2D eigenvalue weighted by Crippen LogP contribution is 2.32. The summed E-state index contributed by atoms with van der Waals surface area (Å²) in [7, 11) is 0. The van der Waals surface area contributed by atoms with Gasteiger partial charge in [-0.2, -0.15) is 0 Å². The molecule has 0 aliphatic carbocycles. The minimum absolute atomic E-state index is 0.204. The zero-order valence-corrected chi connectivity index (χ0v) is 14.2. The van der Waals surface area contributed by atoms with Crippen LogP contribution in [0, 0.1) is 6.92 Å². The van der Waals surface area contributed by atoms with Crippen molar-refractivity contribution < 1.29 is 0 Å². The highest BCUT2D eigenvalue weighted by molar-refractivity contribution is 6.22. The standard InChI is InChI=1S/C19H22Cl2/c1-3-16-6-8-17(9-7-16)12-19(13-20,14-21)18-10-4-15(2)5-11-18/h4-11H,3,12-14H2,1-2H3. The summed E-state index contributed by atoms with van der Waals surface area (Å²) in [4.78, 5) is 0. The molecule has 0 N–H and O–H groups in total. The molecule has 112 valence electrons. The Morgan fingerprint density at radius 2 is 1.33 bits per heavy atom. The SMILES string of the molecule is CCc1ccc(CC(CCl)(CCl)c2ccc(C)cc2)cc1. The van der Waals surface area contributed by atoms with Gasteiger partial charge in [-0.05, 0) is 36.5 Å². The Balaban J connectivity index is 2.30. The maximum atomic E-state index is 6.32. The summed E-state index contributed by atoms with van der Waals surface area (Å²) in [6.45, 7) is 4.26. The molecule has 0 aromatic heterocycles. The van der Waals surface area contributed by atoms with Crippen molar-refractivity contribution in [2.45, 2.75) is 32.1 Å². The summed E-state index contributed by atoms with van der Waals surface area (Å²) >= 11 is 12.6. The fourth-order valence-corrected chi connectivity index (χ4v) is 3.36. The first-order valence-electron chi connectivity index (χ1n) is 7.40. The van der Waals surface area contributed by atoms with Crippen LogP contribution in [0.5, 0.6) is 0 Å². The molecule has 0 aliphatic rings. The first kappa shape index (κ1) is 16.4. The lowest BCUT2D eigenvalue weighted by Gasteiger charge is -2.30. The predicted molar refractivity (Wildman–Crippen MR) is 93.8 cm³/mol. The molecule has 0 fully saturated rings. The van der Waals surface area contributed by atoms with Crippen molar-refractivity contribution in [2.75, 3.05) is 11.8 Å². The van der Waals surface area contributed by atoms with Crippen LogP contribution < -0.4 is 0 Å². The van der Waals surface area contributed by atoms with Crippen molar-refractivity contribution >= 4 is 23.2 Å². The number of rotatable bonds is 6. The van der Waals surface area contributed by atoms with Gasteiger partial charge in [-0.1, -0.05) is 61.0 Å². The van der Waals surface area contributed by atoms with E-state index in [2.05, 4.69) is 62.4 Å². The monoisotopic (exact) mass is 320 g/mol. The van der Waals surface area contributed by atoms with Crippen LogP contribution in [-0.2, 0) is 18.3 Å². The van der Waals surface area contributed by atoms with E-state index in [4.69, 9.17) is 23.2 Å². The van der Waals surface area contributed by atoms with Gasteiger partial charge >= 0.3 is 0 Å². The summed E-state index contributed by atoms with van der Waals surface area (Å²) in [5.41, 5.74) is 4.91. The van der Waals surface area contributed by atoms with Gasteiger partial charge in [0.25, 0.3) is 0 Å². The molecule has 0 radical (unpaired) electrons. The van der Waals surface area contributed by atoms with Crippen LogP contribution in [0.2, 0.25) is 0 Å². The Kier molecular flexibility index (Phi) is 5.72. The maximum Gasteiger partial charge on any atom is 0.0335 e. The van der Waals surface area contributed by atoms with Crippen molar-refractivity contribution in [1.29, 1.82) is 0 Å². The molecule has 0 saturated heterocycles. The lowest BCUT2D eigenvalue weighted by atomic mass is 9.78. The first-order chi connectivity index (χ1) is 10.1. The molecular weight excluding hydrogens is 299 g/mol. The van der Waals surface area contributed by atoms with Gasteiger partial charge in [0.15, 0.2) is 0 Å². The minimum atomic E-state index is -0.204. The van der Waals surface area contributed by atoms with Gasteiger partial charge in [0.05, 0.1) is 0 Å². The van der Waals surface area contributed by atoms with E-state index in [9.17, 15) is 0 Å². The third-order valence-corrected chi connectivity index (χ3v) is 5.17. The third kappa shape index (κ3) is 3.81. The van der Waals surface area contributed by atoms with Gasteiger partial charge in [0.2, 0.25) is 0 Å². The lowest BCUT2D eigenvalue weighted by molar-refractivity contribution is 0.536. The normalized spacial score (nSPS) is 11.6. The van der Waals surface area contributed by atoms with Crippen molar-refractivity contribution in [1.82, 2.24) is 0 Å². The summed E-state index contributed by atoms with van der Waals surface area (Å²) in [5.74, 6) is 1.05. The molecule has 0 aliphatic heterocycles. The van der Waals surface area contributed by atoms with Crippen LogP contribution in [-0.4, -0.2) is 11.8 Å².